The summed E-state index contributed by atoms with van der Waals surface area (Å²) in [7, 11) is -1.67. The zero-order valence-corrected chi connectivity index (χ0v) is 9.66. The molecule has 1 unspecified atom stereocenters. The number of hydrogen-bond donors (Lipinski definition) is 2. The first-order valence-corrected chi connectivity index (χ1v) is 6.16. The van der Waals surface area contributed by atoms with Gasteiger partial charge in [-0.3, -0.25) is 0 Å². The van der Waals surface area contributed by atoms with Gasteiger partial charge in [-0.25, -0.2) is 13.1 Å². The monoisotopic (exact) mass is 232 g/mol. The summed E-state index contributed by atoms with van der Waals surface area (Å²) in [4.78, 5) is 0.245. The summed E-state index contributed by atoms with van der Waals surface area (Å²) in [6.07, 6.45) is 3.20. The van der Waals surface area contributed by atoms with Gasteiger partial charge in [-0.2, -0.15) is 0 Å². The van der Waals surface area contributed by atoms with Gasteiger partial charge in [0.1, 0.15) is 0 Å². The average molecular weight is 232 g/mol. The number of nitrogens with one attached hydrogen (secondary N) is 1. The first-order valence-electron chi connectivity index (χ1n) is 4.68. The molecule has 0 aliphatic carbocycles. The lowest BCUT2D eigenvalue weighted by molar-refractivity contribution is 0.238. The van der Waals surface area contributed by atoms with Gasteiger partial charge in [-0.15, -0.1) is 0 Å². The standard InChI is InChI=1S/C9H16N2O3S/c1-8(7-12)5-10-15(13,14)9-3-4-11(2)6-9/h3-4,6,8,10,12H,5,7H2,1-2H3. The van der Waals surface area contributed by atoms with E-state index in [1.807, 2.05) is 0 Å². The largest absolute Gasteiger partial charge is 0.396 e. The van der Waals surface area contributed by atoms with Crippen LogP contribution < -0.4 is 4.72 Å². The molecule has 1 aromatic heterocycles. The van der Waals surface area contributed by atoms with E-state index in [-0.39, 0.29) is 24.0 Å². The first kappa shape index (κ1) is 12.2. The van der Waals surface area contributed by atoms with Crippen LogP contribution >= 0.6 is 0 Å². The highest BCUT2D eigenvalue weighted by Gasteiger charge is 2.15. The van der Waals surface area contributed by atoms with Gasteiger partial charge in [0.2, 0.25) is 10.0 Å². The summed E-state index contributed by atoms with van der Waals surface area (Å²) in [5.74, 6) is -0.0801. The van der Waals surface area contributed by atoms with Crippen molar-refractivity contribution >= 4 is 10.0 Å². The van der Waals surface area contributed by atoms with Crippen molar-refractivity contribution in [2.75, 3.05) is 13.2 Å². The van der Waals surface area contributed by atoms with E-state index in [0.717, 1.165) is 0 Å². The van der Waals surface area contributed by atoms with Crippen LogP contribution in [0, 0.1) is 5.92 Å². The van der Waals surface area contributed by atoms with Crippen LogP contribution in [0.1, 0.15) is 6.92 Å². The van der Waals surface area contributed by atoms with E-state index >= 15 is 0 Å². The fourth-order valence-corrected chi connectivity index (χ4v) is 2.25. The second-order valence-corrected chi connectivity index (χ2v) is 5.42. The summed E-state index contributed by atoms with van der Waals surface area (Å²) in [5.41, 5.74) is 0. The second-order valence-electron chi connectivity index (χ2n) is 3.65. The summed E-state index contributed by atoms with van der Waals surface area (Å²) in [5, 5.41) is 8.77. The molecule has 0 radical (unpaired) electrons. The van der Waals surface area contributed by atoms with Crippen LogP contribution in [-0.4, -0.2) is 31.2 Å². The SMILES string of the molecule is CC(CO)CNS(=O)(=O)c1ccn(C)c1. The number of sulfonamides is 1. The zero-order chi connectivity index (χ0) is 11.5. The highest BCUT2D eigenvalue weighted by atomic mass is 32.2. The molecule has 5 nitrogen and oxygen atoms in total. The Kier molecular flexibility index (Phi) is 3.90. The van der Waals surface area contributed by atoms with Crippen molar-refractivity contribution < 1.29 is 13.5 Å². The number of aryl methyl sites for hydroxylation is 1. The van der Waals surface area contributed by atoms with Crippen LogP contribution in [0.5, 0.6) is 0 Å². The van der Waals surface area contributed by atoms with Crippen molar-refractivity contribution in [2.45, 2.75) is 11.8 Å². The van der Waals surface area contributed by atoms with Crippen molar-refractivity contribution in [1.29, 1.82) is 0 Å². The fourth-order valence-electron chi connectivity index (χ4n) is 1.04. The second kappa shape index (κ2) is 4.78. The Morgan fingerprint density at radius 3 is 2.73 bits per heavy atom. The number of nitrogens with zero attached hydrogens (tertiary/aromatic N) is 1. The molecule has 1 atom stereocenters. The molecule has 0 saturated heterocycles. The molecule has 0 aliphatic heterocycles. The first-order chi connectivity index (χ1) is 6.95. The molecule has 0 amide bonds. The minimum atomic E-state index is -3.43. The average Bonchev–Trinajstić information content (AvgIpc) is 2.62. The van der Waals surface area contributed by atoms with Crippen LogP contribution in [0.3, 0.4) is 0 Å². The van der Waals surface area contributed by atoms with Crippen molar-refractivity contribution in [1.82, 2.24) is 9.29 Å². The topological polar surface area (TPSA) is 71.3 Å². The molecular formula is C9H16N2O3S. The number of aliphatic hydroxyl groups excluding tert-OH is 1. The van der Waals surface area contributed by atoms with Gasteiger partial charge in [0.05, 0.1) is 4.90 Å². The Hall–Kier alpha value is -0.850. The molecular weight excluding hydrogens is 216 g/mol. The van der Waals surface area contributed by atoms with E-state index < -0.39 is 10.0 Å². The molecule has 0 bridgehead atoms. The van der Waals surface area contributed by atoms with Gasteiger partial charge in [0.15, 0.2) is 0 Å². The van der Waals surface area contributed by atoms with Crippen molar-refractivity contribution in [3.05, 3.63) is 18.5 Å². The third-order valence-corrected chi connectivity index (χ3v) is 3.46. The minimum absolute atomic E-state index is 0.0304. The number of aliphatic hydroxyl groups is 1. The maximum absolute atomic E-state index is 11.7. The smallest absolute Gasteiger partial charge is 0.242 e. The minimum Gasteiger partial charge on any atom is -0.396 e. The zero-order valence-electron chi connectivity index (χ0n) is 8.84. The molecule has 0 fully saturated rings. The van der Waals surface area contributed by atoms with E-state index in [9.17, 15) is 8.42 Å². The highest BCUT2D eigenvalue weighted by Crippen LogP contribution is 2.08. The van der Waals surface area contributed by atoms with E-state index in [1.54, 1.807) is 24.7 Å². The number of aromatic nitrogens is 1. The van der Waals surface area contributed by atoms with Crippen LogP contribution in [0.15, 0.2) is 23.4 Å². The van der Waals surface area contributed by atoms with Crippen LogP contribution in [-0.2, 0) is 17.1 Å². The van der Waals surface area contributed by atoms with Crippen molar-refractivity contribution in [3.63, 3.8) is 0 Å². The maximum Gasteiger partial charge on any atom is 0.242 e. The molecule has 1 rings (SSSR count). The molecule has 86 valence electrons. The molecule has 0 saturated carbocycles. The molecule has 1 heterocycles. The van der Waals surface area contributed by atoms with Crippen LogP contribution in [0.4, 0.5) is 0 Å². The molecule has 0 spiro atoms. The van der Waals surface area contributed by atoms with E-state index in [1.165, 1.54) is 12.3 Å². The number of hydrogen-bond acceptors (Lipinski definition) is 3. The van der Waals surface area contributed by atoms with E-state index in [0.29, 0.717) is 0 Å². The van der Waals surface area contributed by atoms with Gasteiger partial charge in [0.25, 0.3) is 0 Å². The molecule has 0 aromatic carbocycles. The third kappa shape index (κ3) is 3.33. The maximum atomic E-state index is 11.7. The van der Waals surface area contributed by atoms with Gasteiger partial charge in [-0.05, 0) is 12.0 Å². The Morgan fingerprint density at radius 1 is 1.60 bits per heavy atom. The summed E-state index contributed by atoms with van der Waals surface area (Å²) in [6.45, 7) is 1.98. The highest BCUT2D eigenvalue weighted by molar-refractivity contribution is 7.89. The van der Waals surface area contributed by atoms with Gasteiger partial charge in [0, 0.05) is 32.6 Å². The summed E-state index contributed by atoms with van der Waals surface area (Å²) >= 11 is 0. The van der Waals surface area contributed by atoms with Crippen molar-refractivity contribution in [2.24, 2.45) is 13.0 Å². The fraction of sp³-hybridized carbons (Fsp3) is 0.556. The third-order valence-electron chi connectivity index (χ3n) is 2.05. The lowest BCUT2D eigenvalue weighted by Crippen LogP contribution is -2.29. The quantitative estimate of drug-likeness (QED) is 0.746. The normalized spacial score (nSPS) is 14.1. The molecule has 1 aromatic rings. The Morgan fingerprint density at radius 2 is 2.27 bits per heavy atom. The summed E-state index contributed by atoms with van der Waals surface area (Å²) < 4.78 is 27.4. The van der Waals surface area contributed by atoms with Gasteiger partial charge in [-0.1, -0.05) is 6.92 Å². The van der Waals surface area contributed by atoms with Crippen LogP contribution in [0.25, 0.3) is 0 Å². The van der Waals surface area contributed by atoms with Crippen molar-refractivity contribution in [3.8, 4) is 0 Å². The predicted octanol–water partition coefficient (Wildman–Crippen LogP) is -0.0682. The lowest BCUT2D eigenvalue weighted by atomic mass is 10.2. The van der Waals surface area contributed by atoms with Gasteiger partial charge >= 0.3 is 0 Å². The Balaban J connectivity index is 2.68. The molecule has 0 aliphatic rings. The molecule has 6 heteroatoms. The summed E-state index contributed by atoms with van der Waals surface area (Å²) in [6, 6.07) is 1.53. The molecule has 15 heavy (non-hydrogen) atoms. The van der Waals surface area contributed by atoms with Gasteiger partial charge < -0.3 is 9.67 Å². The van der Waals surface area contributed by atoms with Crippen LogP contribution in [0.2, 0.25) is 0 Å². The Bertz CT molecular complexity index is 411. The molecule has 2 N–H and O–H groups in total. The van der Waals surface area contributed by atoms with E-state index in [2.05, 4.69) is 4.72 Å². The Labute approximate surface area is 89.8 Å². The predicted molar refractivity (Wildman–Crippen MR) is 56.9 cm³/mol. The van der Waals surface area contributed by atoms with E-state index in [4.69, 9.17) is 5.11 Å². The lowest BCUT2D eigenvalue weighted by Gasteiger charge is -2.09. The number of rotatable bonds is 5.